The maximum atomic E-state index is 12.8. The predicted molar refractivity (Wildman–Crippen MR) is 64.9 cm³/mol. The Hall–Kier alpha value is -0.760. The molecule has 5 nitrogen and oxygen atoms in total. The van der Waals surface area contributed by atoms with Gasteiger partial charge in [-0.25, -0.2) is 17.5 Å². The van der Waals surface area contributed by atoms with Crippen LogP contribution >= 0.6 is 12.4 Å². The Morgan fingerprint density at radius 3 is 2.53 bits per heavy atom. The summed E-state index contributed by atoms with van der Waals surface area (Å²) in [5, 5.41) is 0. The van der Waals surface area contributed by atoms with E-state index in [4.69, 9.17) is 5.73 Å². The van der Waals surface area contributed by atoms with Gasteiger partial charge in [0.1, 0.15) is 10.7 Å². The molecule has 0 aliphatic rings. The van der Waals surface area contributed by atoms with E-state index in [0.717, 1.165) is 18.5 Å². The van der Waals surface area contributed by atoms with Gasteiger partial charge in [0.25, 0.3) is 0 Å². The number of nitrogens with zero attached hydrogens (tertiary/aromatic N) is 1. The average Bonchev–Trinajstić information content (AvgIpc) is 2.16. The van der Waals surface area contributed by atoms with Gasteiger partial charge in [-0.3, -0.25) is 4.98 Å². The maximum absolute atomic E-state index is 12.8. The van der Waals surface area contributed by atoms with Crippen molar-refractivity contribution in [3.8, 4) is 0 Å². The van der Waals surface area contributed by atoms with Gasteiger partial charge in [0.2, 0.25) is 10.0 Å². The minimum atomic E-state index is -3.79. The van der Waals surface area contributed by atoms with Crippen LogP contribution in [-0.4, -0.2) is 25.5 Å². The molecule has 17 heavy (non-hydrogen) atoms. The molecule has 0 radical (unpaired) electrons. The van der Waals surface area contributed by atoms with Gasteiger partial charge in [-0.15, -0.1) is 12.4 Å². The van der Waals surface area contributed by atoms with Gasteiger partial charge in [0, 0.05) is 18.3 Å². The molecule has 0 atom stereocenters. The lowest BCUT2D eigenvalue weighted by Crippen LogP contribution is -2.48. The molecule has 0 aromatic carbocycles. The van der Waals surface area contributed by atoms with Crippen molar-refractivity contribution in [2.75, 3.05) is 6.54 Å². The van der Waals surface area contributed by atoms with Crippen LogP contribution in [-0.2, 0) is 10.0 Å². The lowest BCUT2D eigenvalue weighted by Gasteiger charge is -2.23. The minimum Gasteiger partial charge on any atom is -0.329 e. The highest BCUT2D eigenvalue weighted by molar-refractivity contribution is 7.89. The van der Waals surface area contributed by atoms with Crippen molar-refractivity contribution in [1.82, 2.24) is 9.71 Å². The van der Waals surface area contributed by atoms with Crippen LogP contribution in [0.2, 0.25) is 0 Å². The number of halogens is 2. The molecule has 0 aliphatic heterocycles. The Morgan fingerprint density at radius 1 is 1.47 bits per heavy atom. The number of pyridine rings is 1. The summed E-state index contributed by atoms with van der Waals surface area (Å²) in [5.41, 5.74) is 4.62. The van der Waals surface area contributed by atoms with Crippen LogP contribution in [0.15, 0.2) is 23.4 Å². The first-order valence-corrected chi connectivity index (χ1v) is 6.10. The lowest BCUT2D eigenvalue weighted by molar-refractivity contribution is 0.462. The van der Waals surface area contributed by atoms with Crippen molar-refractivity contribution in [2.24, 2.45) is 5.73 Å². The number of aromatic nitrogens is 1. The van der Waals surface area contributed by atoms with Gasteiger partial charge in [-0.05, 0) is 19.9 Å². The second-order valence-electron chi connectivity index (χ2n) is 4.03. The highest BCUT2D eigenvalue weighted by Gasteiger charge is 2.25. The Balaban J connectivity index is 0.00000256. The predicted octanol–water partition coefficient (Wildman–Crippen LogP) is 0.658. The highest BCUT2D eigenvalue weighted by atomic mass is 35.5. The van der Waals surface area contributed by atoms with Gasteiger partial charge in [-0.2, -0.15) is 0 Å². The number of nitrogens with two attached hydrogens (primary N) is 1. The van der Waals surface area contributed by atoms with Crippen LogP contribution in [0.3, 0.4) is 0 Å². The lowest BCUT2D eigenvalue weighted by atomic mass is 10.1. The van der Waals surface area contributed by atoms with E-state index < -0.39 is 21.4 Å². The molecule has 8 heteroatoms. The molecule has 0 bridgehead atoms. The van der Waals surface area contributed by atoms with Crippen molar-refractivity contribution in [2.45, 2.75) is 24.3 Å². The molecule has 0 unspecified atom stereocenters. The van der Waals surface area contributed by atoms with Crippen LogP contribution in [0, 0.1) is 5.82 Å². The molecule has 1 heterocycles. The van der Waals surface area contributed by atoms with E-state index in [2.05, 4.69) is 9.71 Å². The summed E-state index contributed by atoms with van der Waals surface area (Å²) in [6, 6.07) is 0.905. The summed E-state index contributed by atoms with van der Waals surface area (Å²) in [4.78, 5) is 3.27. The van der Waals surface area contributed by atoms with E-state index in [1.807, 2.05) is 0 Å². The van der Waals surface area contributed by atoms with E-state index in [1.165, 1.54) is 0 Å². The van der Waals surface area contributed by atoms with E-state index in [1.54, 1.807) is 13.8 Å². The Kier molecular flexibility index (Phi) is 5.47. The third-order valence-electron chi connectivity index (χ3n) is 1.91. The summed E-state index contributed by atoms with van der Waals surface area (Å²) in [6.45, 7) is 3.41. The standard InChI is InChI=1S/C9H14FN3O2S.ClH/c1-9(2,6-11)13-16(14,15)8-3-7(10)4-12-5-8;/h3-5,13H,6,11H2,1-2H3;1H. The van der Waals surface area contributed by atoms with Crippen LogP contribution in [0.1, 0.15) is 13.8 Å². The maximum Gasteiger partial charge on any atom is 0.242 e. The number of rotatable bonds is 4. The zero-order chi connectivity index (χ0) is 12.4. The molecule has 1 aromatic rings. The molecule has 0 aliphatic carbocycles. The molecule has 0 spiro atoms. The van der Waals surface area contributed by atoms with E-state index in [-0.39, 0.29) is 23.8 Å². The number of sulfonamides is 1. The first-order chi connectivity index (χ1) is 7.27. The number of hydrogen-bond acceptors (Lipinski definition) is 4. The third kappa shape index (κ3) is 4.55. The van der Waals surface area contributed by atoms with Crippen molar-refractivity contribution < 1.29 is 12.8 Å². The minimum absolute atomic E-state index is 0. The summed E-state index contributed by atoms with van der Waals surface area (Å²) < 4.78 is 38.8. The quantitative estimate of drug-likeness (QED) is 0.850. The van der Waals surface area contributed by atoms with Crippen LogP contribution in [0.25, 0.3) is 0 Å². The largest absolute Gasteiger partial charge is 0.329 e. The zero-order valence-electron chi connectivity index (χ0n) is 9.47. The average molecular weight is 284 g/mol. The molecule has 3 N–H and O–H groups in total. The van der Waals surface area contributed by atoms with E-state index in [0.29, 0.717) is 0 Å². The fourth-order valence-corrected chi connectivity index (χ4v) is 2.40. The first kappa shape index (κ1) is 16.2. The van der Waals surface area contributed by atoms with Crippen molar-refractivity contribution in [3.63, 3.8) is 0 Å². The summed E-state index contributed by atoms with van der Waals surface area (Å²) in [5.74, 6) is -0.701. The molecule has 1 aromatic heterocycles. The third-order valence-corrected chi connectivity index (χ3v) is 3.58. The van der Waals surface area contributed by atoms with Crippen LogP contribution in [0.5, 0.6) is 0 Å². The second-order valence-corrected chi connectivity index (χ2v) is 5.71. The molecular formula is C9H15ClFN3O2S. The smallest absolute Gasteiger partial charge is 0.242 e. The van der Waals surface area contributed by atoms with Crippen molar-refractivity contribution in [3.05, 3.63) is 24.3 Å². The van der Waals surface area contributed by atoms with Gasteiger partial charge in [0.15, 0.2) is 0 Å². The molecule has 0 saturated carbocycles. The Bertz CT molecular complexity index is 479. The Morgan fingerprint density at radius 2 is 2.06 bits per heavy atom. The van der Waals surface area contributed by atoms with Crippen molar-refractivity contribution in [1.29, 1.82) is 0 Å². The van der Waals surface area contributed by atoms with Gasteiger partial charge < -0.3 is 5.73 Å². The fraction of sp³-hybridized carbons (Fsp3) is 0.444. The van der Waals surface area contributed by atoms with E-state index >= 15 is 0 Å². The molecule has 98 valence electrons. The summed E-state index contributed by atoms with van der Waals surface area (Å²) in [6.07, 6.45) is 2.02. The fourth-order valence-electron chi connectivity index (χ4n) is 1.00. The zero-order valence-corrected chi connectivity index (χ0v) is 11.1. The van der Waals surface area contributed by atoms with Crippen LogP contribution < -0.4 is 10.5 Å². The molecular weight excluding hydrogens is 269 g/mol. The van der Waals surface area contributed by atoms with Gasteiger partial charge in [-0.1, -0.05) is 0 Å². The number of hydrogen-bond donors (Lipinski definition) is 2. The van der Waals surface area contributed by atoms with Crippen LogP contribution in [0.4, 0.5) is 4.39 Å². The van der Waals surface area contributed by atoms with Crippen molar-refractivity contribution >= 4 is 22.4 Å². The normalized spacial score (nSPS) is 12.0. The van der Waals surface area contributed by atoms with Gasteiger partial charge in [0.05, 0.1) is 6.20 Å². The SMILES string of the molecule is CC(C)(CN)NS(=O)(=O)c1cncc(F)c1.Cl. The summed E-state index contributed by atoms with van der Waals surface area (Å²) >= 11 is 0. The molecule has 0 fully saturated rings. The monoisotopic (exact) mass is 283 g/mol. The topological polar surface area (TPSA) is 85.1 Å². The molecule has 0 saturated heterocycles. The number of nitrogens with one attached hydrogen (secondary N) is 1. The molecule has 1 rings (SSSR count). The first-order valence-electron chi connectivity index (χ1n) is 4.61. The second kappa shape index (κ2) is 5.72. The highest BCUT2D eigenvalue weighted by Crippen LogP contribution is 2.12. The van der Waals surface area contributed by atoms with E-state index in [9.17, 15) is 12.8 Å². The summed E-state index contributed by atoms with van der Waals surface area (Å²) in [7, 11) is -3.79. The van der Waals surface area contributed by atoms with Gasteiger partial charge >= 0.3 is 0 Å². The molecule has 0 amide bonds. The Labute approximate surface area is 106 Å².